The largest absolute Gasteiger partial charge is 0.394 e. The first kappa shape index (κ1) is 11.8. The van der Waals surface area contributed by atoms with Gasteiger partial charge in [0, 0.05) is 0 Å². The minimum Gasteiger partial charge on any atom is -0.394 e. The third-order valence-electron chi connectivity index (χ3n) is 3.70. The first-order valence-corrected chi connectivity index (χ1v) is 6.11. The minimum atomic E-state index is -0.342. The van der Waals surface area contributed by atoms with Gasteiger partial charge in [-0.2, -0.15) is 0 Å². The average molecular weight is 253 g/mol. The summed E-state index contributed by atoms with van der Waals surface area (Å²) >= 11 is 0. The van der Waals surface area contributed by atoms with Crippen LogP contribution in [0, 0.1) is 11.8 Å². The van der Waals surface area contributed by atoms with Gasteiger partial charge in [0.1, 0.15) is 0 Å². The van der Waals surface area contributed by atoms with Gasteiger partial charge in [-0.15, -0.1) is 0 Å². The lowest BCUT2D eigenvalue weighted by Gasteiger charge is -2.17. The number of carbonyl (C=O) groups excluding carboxylic acids is 2. The highest BCUT2D eigenvalue weighted by Crippen LogP contribution is 2.44. The Kier molecular flexibility index (Phi) is 2.93. The number of rotatable bonds is 5. The number of ether oxygens (including phenoxy) is 2. The van der Waals surface area contributed by atoms with Crippen molar-refractivity contribution in [1.82, 2.24) is 4.90 Å². The van der Waals surface area contributed by atoms with Crippen LogP contribution in [0.25, 0.3) is 0 Å². The van der Waals surface area contributed by atoms with E-state index >= 15 is 0 Å². The zero-order valence-corrected chi connectivity index (χ0v) is 9.82. The summed E-state index contributed by atoms with van der Waals surface area (Å²) < 4.78 is 10.6. The summed E-state index contributed by atoms with van der Waals surface area (Å²) in [6.07, 6.45) is 3.26. The number of hydrogen-bond donors (Lipinski definition) is 1. The van der Waals surface area contributed by atoms with Crippen molar-refractivity contribution in [2.45, 2.75) is 12.2 Å². The van der Waals surface area contributed by atoms with Gasteiger partial charge >= 0.3 is 0 Å². The Balaban J connectivity index is 1.65. The molecule has 0 aromatic carbocycles. The van der Waals surface area contributed by atoms with E-state index in [-0.39, 0.29) is 62.2 Å². The fourth-order valence-electron chi connectivity index (χ4n) is 2.91. The number of likely N-dealkylation sites (tertiary alicyclic amines) is 1. The molecule has 6 heteroatoms. The van der Waals surface area contributed by atoms with Gasteiger partial charge in [-0.1, -0.05) is 12.2 Å². The number of carbonyl (C=O) groups is 2. The number of aliphatic hydroxyl groups excluding tert-OH is 1. The molecule has 2 bridgehead atoms. The highest BCUT2D eigenvalue weighted by Gasteiger charge is 2.60. The maximum Gasteiger partial charge on any atom is 0.236 e. The van der Waals surface area contributed by atoms with Gasteiger partial charge in [0.15, 0.2) is 0 Å². The van der Waals surface area contributed by atoms with Crippen LogP contribution in [-0.2, 0) is 19.1 Å². The van der Waals surface area contributed by atoms with Crippen LogP contribution in [0.4, 0.5) is 0 Å². The first-order chi connectivity index (χ1) is 8.74. The van der Waals surface area contributed by atoms with E-state index in [0.717, 1.165) is 0 Å². The van der Waals surface area contributed by atoms with Gasteiger partial charge in [0.05, 0.1) is 50.4 Å². The summed E-state index contributed by atoms with van der Waals surface area (Å²) in [6.45, 7) is 0.680. The van der Waals surface area contributed by atoms with E-state index in [9.17, 15) is 9.59 Å². The van der Waals surface area contributed by atoms with E-state index in [4.69, 9.17) is 14.6 Å². The molecule has 0 spiro atoms. The molecule has 1 N–H and O–H groups in total. The van der Waals surface area contributed by atoms with Crippen molar-refractivity contribution in [3.05, 3.63) is 12.2 Å². The lowest BCUT2D eigenvalue weighted by Crippen LogP contribution is -2.37. The number of amides is 2. The highest BCUT2D eigenvalue weighted by atomic mass is 16.5. The Bertz CT molecular complexity index is 377. The molecule has 0 aromatic rings. The summed E-state index contributed by atoms with van der Waals surface area (Å²) in [4.78, 5) is 25.5. The maximum absolute atomic E-state index is 12.1. The van der Waals surface area contributed by atoms with Crippen LogP contribution in [0.5, 0.6) is 0 Å². The van der Waals surface area contributed by atoms with Crippen molar-refractivity contribution >= 4 is 11.8 Å². The predicted octanol–water partition coefficient (Wildman–Crippen LogP) is -1.07. The van der Waals surface area contributed by atoms with Gasteiger partial charge in [-0.05, 0) is 0 Å². The molecule has 3 heterocycles. The van der Waals surface area contributed by atoms with Gasteiger partial charge in [0.2, 0.25) is 11.8 Å². The molecular weight excluding hydrogens is 238 g/mol. The molecule has 0 radical (unpaired) electrons. The molecule has 3 aliphatic rings. The van der Waals surface area contributed by atoms with Crippen LogP contribution in [0.2, 0.25) is 0 Å². The summed E-state index contributed by atoms with van der Waals surface area (Å²) in [5, 5.41) is 8.57. The molecule has 4 atom stereocenters. The zero-order chi connectivity index (χ0) is 12.7. The fraction of sp³-hybridized carbons (Fsp3) is 0.667. The molecule has 0 aliphatic carbocycles. The number of nitrogens with zero attached hydrogens (tertiary/aromatic N) is 1. The molecule has 3 rings (SSSR count). The molecule has 3 aliphatic heterocycles. The second-order valence-corrected chi connectivity index (χ2v) is 4.67. The van der Waals surface area contributed by atoms with E-state index in [1.54, 1.807) is 0 Å². The van der Waals surface area contributed by atoms with Crippen molar-refractivity contribution in [3.8, 4) is 0 Å². The Hall–Kier alpha value is -1.24. The van der Waals surface area contributed by atoms with Gasteiger partial charge in [-0.3, -0.25) is 14.5 Å². The SMILES string of the molecule is O=C1C2C3C=CC(O3)C2C(=O)N1CCOCCO. The second kappa shape index (κ2) is 4.46. The molecule has 98 valence electrons. The van der Waals surface area contributed by atoms with E-state index < -0.39 is 0 Å². The Morgan fingerprint density at radius 1 is 1.17 bits per heavy atom. The lowest BCUT2D eigenvalue weighted by atomic mass is 9.85. The molecule has 6 nitrogen and oxygen atoms in total. The minimum absolute atomic E-state index is 0.0605. The van der Waals surface area contributed by atoms with Crippen LogP contribution in [0.3, 0.4) is 0 Å². The first-order valence-electron chi connectivity index (χ1n) is 6.11. The predicted molar refractivity (Wildman–Crippen MR) is 59.4 cm³/mol. The standard InChI is InChI=1S/C12H15NO5/c14-4-6-17-5-3-13-11(15)9-7-1-2-8(18-7)10(9)12(13)16/h1-2,7-10,14H,3-6H2. The summed E-state index contributed by atoms with van der Waals surface area (Å²) in [7, 11) is 0. The van der Waals surface area contributed by atoms with Gasteiger partial charge in [-0.25, -0.2) is 0 Å². The molecule has 0 aromatic heterocycles. The third-order valence-corrected chi connectivity index (χ3v) is 3.70. The van der Waals surface area contributed by atoms with Crippen molar-refractivity contribution in [3.63, 3.8) is 0 Å². The normalized spacial score (nSPS) is 36.8. The highest BCUT2D eigenvalue weighted by molar-refractivity contribution is 6.06. The van der Waals surface area contributed by atoms with E-state index in [2.05, 4.69) is 0 Å². The monoisotopic (exact) mass is 253 g/mol. The number of hydrogen-bond acceptors (Lipinski definition) is 5. The van der Waals surface area contributed by atoms with Crippen molar-refractivity contribution < 1.29 is 24.2 Å². The third kappa shape index (κ3) is 1.60. The second-order valence-electron chi connectivity index (χ2n) is 4.67. The summed E-state index contributed by atoms with van der Waals surface area (Å²) in [5.74, 6) is -1.00. The van der Waals surface area contributed by atoms with Crippen LogP contribution < -0.4 is 0 Å². The molecule has 2 amide bonds. The Labute approximate surface area is 104 Å². The number of aliphatic hydroxyl groups is 1. The topological polar surface area (TPSA) is 76.1 Å². The number of fused-ring (bicyclic) bond motifs is 5. The zero-order valence-electron chi connectivity index (χ0n) is 9.82. The van der Waals surface area contributed by atoms with Crippen LogP contribution in [-0.4, -0.2) is 60.4 Å². The van der Waals surface area contributed by atoms with Crippen LogP contribution in [0.15, 0.2) is 12.2 Å². The molecule has 4 unspecified atom stereocenters. The van der Waals surface area contributed by atoms with Crippen molar-refractivity contribution in [2.75, 3.05) is 26.4 Å². The molecule has 2 saturated heterocycles. The molecule has 18 heavy (non-hydrogen) atoms. The van der Waals surface area contributed by atoms with Gasteiger partial charge < -0.3 is 14.6 Å². The fourth-order valence-corrected chi connectivity index (χ4v) is 2.91. The smallest absolute Gasteiger partial charge is 0.236 e. The van der Waals surface area contributed by atoms with Crippen LogP contribution >= 0.6 is 0 Å². The molecule has 2 fully saturated rings. The van der Waals surface area contributed by atoms with E-state index in [1.165, 1.54) is 4.90 Å². The Morgan fingerprint density at radius 2 is 1.78 bits per heavy atom. The molecule has 0 saturated carbocycles. The summed E-state index contributed by atoms with van der Waals surface area (Å²) in [5.41, 5.74) is 0. The quantitative estimate of drug-likeness (QED) is 0.384. The Morgan fingerprint density at radius 3 is 2.33 bits per heavy atom. The van der Waals surface area contributed by atoms with E-state index in [1.807, 2.05) is 12.2 Å². The molecular formula is C12H15NO5. The maximum atomic E-state index is 12.1. The van der Waals surface area contributed by atoms with Crippen molar-refractivity contribution in [1.29, 1.82) is 0 Å². The lowest BCUT2D eigenvalue weighted by molar-refractivity contribution is -0.143. The van der Waals surface area contributed by atoms with Crippen molar-refractivity contribution in [2.24, 2.45) is 11.8 Å². The average Bonchev–Trinajstić information content (AvgIpc) is 3.02. The van der Waals surface area contributed by atoms with Gasteiger partial charge in [0.25, 0.3) is 0 Å². The number of imide groups is 1. The van der Waals surface area contributed by atoms with Crippen LogP contribution in [0.1, 0.15) is 0 Å². The van der Waals surface area contributed by atoms with E-state index in [0.29, 0.717) is 0 Å². The summed E-state index contributed by atoms with van der Waals surface area (Å²) in [6, 6.07) is 0.